The molecule has 21 heavy (non-hydrogen) atoms. The van der Waals surface area contributed by atoms with Crippen molar-refractivity contribution in [2.24, 2.45) is 0 Å². The molecule has 1 unspecified atom stereocenters. The number of hydrogen-bond donors (Lipinski definition) is 1. The summed E-state index contributed by atoms with van der Waals surface area (Å²) >= 11 is 6.01. The number of sulfone groups is 1. The molecule has 118 valence electrons. The fourth-order valence-electron chi connectivity index (χ4n) is 2.31. The molecule has 0 radical (unpaired) electrons. The van der Waals surface area contributed by atoms with Gasteiger partial charge in [-0.05, 0) is 0 Å². The van der Waals surface area contributed by atoms with Crippen LogP contribution in [0.4, 0.5) is 0 Å². The monoisotopic (exact) mass is 335 g/mol. The van der Waals surface area contributed by atoms with Crippen LogP contribution in [-0.4, -0.2) is 61.8 Å². The third-order valence-electron chi connectivity index (χ3n) is 3.30. The predicted molar refractivity (Wildman–Crippen MR) is 78.5 cm³/mol. The summed E-state index contributed by atoms with van der Waals surface area (Å²) in [6, 6.07) is -0.377. The Balaban J connectivity index is 2.08. The maximum atomic E-state index is 12.4. The van der Waals surface area contributed by atoms with Crippen molar-refractivity contribution in [3.63, 3.8) is 0 Å². The Morgan fingerprint density at radius 2 is 2.38 bits per heavy atom. The molecule has 0 aromatic carbocycles. The van der Waals surface area contributed by atoms with Crippen molar-refractivity contribution < 1.29 is 17.9 Å². The van der Waals surface area contributed by atoms with Gasteiger partial charge in [0.05, 0.1) is 35.9 Å². The summed E-state index contributed by atoms with van der Waals surface area (Å²) in [7, 11) is -1.51. The highest BCUT2D eigenvalue weighted by Crippen LogP contribution is 2.18. The zero-order chi connectivity index (χ0) is 15.5. The molecule has 9 heteroatoms. The van der Waals surface area contributed by atoms with E-state index in [0.717, 1.165) is 0 Å². The number of carbonyl (C=O) groups excluding carboxylic acids is 1. The van der Waals surface area contributed by atoms with Gasteiger partial charge in [-0.2, -0.15) is 5.10 Å². The lowest BCUT2D eigenvalue weighted by molar-refractivity contribution is 0.0958. The third kappa shape index (κ3) is 4.26. The first kappa shape index (κ1) is 16.4. The number of nitrogens with one attached hydrogen (secondary N) is 1. The van der Waals surface area contributed by atoms with E-state index in [1.165, 1.54) is 10.9 Å². The molecule has 1 aromatic rings. The quantitative estimate of drug-likeness (QED) is 0.744. The van der Waals surface area contributed by atoms with Crippen molar-refractivity contribution in [3.8, 4) is 0 Å². The Hall–Kier alpha value is -0.960. The van der Waals surface area contributed by atoms with Crippen molar-refractivity contribution in [2.75, 3.05) is 31.8 Å². The molecular formula is C12H18ClN3O4S. The highest BCUT2D eigenvalue weighted by Gasteiger charge is 2.28. The van der Waals surface area contributed by atoms with Crippen LogP contribution >= 0.6 is 11.6 Å². The normalized spacial score (nSPS) is 21.3. The first-order chi connectivity index (χ1) is 9.93. The van der Waals surface area contributed by atoms with E-state index in [9.17, 15) is 13.2 Å². The average Bonchev–Trinajstić information content (AvgIpc) is 2.76. The second kappa shape index (κ2) is 6.87. The van der Waals surface area contributed by atoms with E-state index >= 15 is 0 Å². The Bertz CT molecular complexity index is 614. The van der Waals surface area contributed by atoms with Crippen molar-refractivity contribution >= 4 is 27.2 Å². The van der Waals surface area contributed by atoms with Crippen molar-refractivity contribution in [1.29, 1.82) is 0 Å². The molecule has 1 aliphatic rings. The van der Waals surface area contributed by atoms with Gasteiger partial charge >= 0.3 is 0 Å². The summed E-state index contributed by atoms with van der Waals surface area (Å²) in [5.41, 5.74) is 0.304. The SMILES string of the molecule is COCCn1ncc(Cl)c1C(=O)CC1CS(=O)(=O)CCN1. The minimum atomic E-state index is -3.07. The third-order valence-corrected chi connectivity index (χ3v) is 5.31. The Labute approximate surface area is 128 Å². The second-order valence-corrected chi connectivity index (χ2v) is 7.59. The zero-order valence-electron chi connectivity index (χ0n) is 11.7. The number of rotatable bonds is 6. The molecule has 1 aliphatic heterocycles. The minimum Gasteiger partial charge on any atom is -0.383 e. The molecule has 1 saturated heterocycles. The lowest BCUT2D eigenvalue weighted by atomic mass is 10.1. The molecule has 0 amide bonds. The van der Waals surface area contributed by atoms with Crippen LogP contribution < -0.4 is 5.32 Å². The summed E-state index contributed by atoms with van der Waals surface area (Å²) in [6.45, 7) is 1.20. The zero-order valence-corrected chi connectivity index (χ0v) is 13.3. The van der Waals surface area contributed by atoms with Gasteiger partial charge in [0.1, 0.15) is 5.69 Å². The molecular weight excluding hydrogens is 318 g/mol. The van der Waals surface area contributed by atoms with Gasteiger partial charge < -0.3 is 10.1 Å². The lowest BCUT2D eigenvalue weighted by Crippen LogP contribution is -2.46. The van der Waals surface area contributed by atoms with Gasteiger partial charge in [-0.3, -0.25) is 9.48 Å². The van der Waals surface area contributed by atoms with Gasteiger partial charge in [-0.15, -0.1) is 0 Å². The standard InChI is InChI=1S/C12H18ClN3O4S/c1-20-4-3-16-12(10(13)7-15-16)11(17)6-9-8-21(18,19)5-2-14-9/h7,9,14H,2-6,8H2,1H3. The number of nitrogens with zero attached hydrogens (tertiary/aromatic N) is 2. The van der Waals surface area contributed by atoms with E-state index in [1.807, 2.05) is 0 Å². The molecule has 0 aliphatic carbocycles. The molecule has 2 rings (SSSR count). The number of ether oxygens (including phenoxy) is 1. The van der Waals surface area contributed by atoms with Crippen LogP contribution in [0.3, 0.4) is 0 Å². The summed E-state index contributed by atoms with van der Waals surface area (Å²) in [6.07, 6.45) is 1.49. The van der Waals surface area contributed by atoms with Gasteiger partial charge in [-0.25, -0.2) is 8.42 Å². The van der Waals surface area contributed by atoms with Gasteiger partial charge in [0, 0.05) is 26.1 Å². The van der Waals surface area contributed by atoms with Crippen LogP contribution in [0.1, 0.15) is 16.9 Å². The van der Waals surface area contributed by atoms with Gasteiger partial charge in [-0.1, -0.05) is 11.6 Å². The van der Waals surface area contributed by atoms with Gasteiger partial charge in [0.15, 0.2) is 15.6 Å². The van der Waals surface area contributed by atoms with E-state index in [4.69, 9.17) is 16.3 Å². The van der Waals surface area contributed by atoms with Crippen molar-refractivity contribution in [2.45, 2.75) is 19.0 Å². The van der Waals surface area contributed by atoms with Crippen LogP contribution in [0.5, 0.6) is 0 Å². The molecule has 7 nitrogen and oxygen atoms in total. The Morgan fingerprint density at radius 3 is 3.05 bits per heavy atom. The largest absolute Gasteiger partial charge is 0.383 e. The number of Topliss-reactive ketones (excluding diaryl/α,β-unsaturated/α-hetero) is 1. The first-order valence-electron chi connectivity index (χ1n) is 6.60. The van der Waals surface area contributed by atoms with Crippen LogP contribution in [0.2, 0.25) is 5.02 Å². The number of carbonyl (C=O) groups is 1. The number of ketones is 1. The lowest BCUT2D eigenvalue weighted by Gasteiger charge is -2.23. The molecule has 1 atom stereocenters. The van der Waals surface area contributed by atoms with E-state index in [2.05, 4.69) is 10.4 Å². The minimum absolute atomic E-state index is 0.0252. The number of hydrogen-bond acceptors (Lipinski definition) is 6. The maximum Gasteiger partial charge on any atom is 0.183 e. The predicted octanol–water partition coefficient (Wildman–Crippen LogP) is 0.142. The fourth-order valence-corrected chi connectivity index (χ4v) is 4.00. The number of halogens is 1. The number of aromatic nitrogens is 2. The van der Waals surface area contributed by atoms with Crippen LogP contribution in [0, 0.1) is 0 Å². The topological polar surface area (TPSA) is 90.3 Å². The first-order valence-corrected chi connectivity index (χ1v) is 8.80. The average molecular weight is 336 g/mol. The van der Waals surface area contributed by atoms with E-state index in [-0.39, 0.29) is 34.8 Å². The molecule has 1 fully saturated rings. The second-order valence-electron chi connectivity index (χ2n) is 4.95. The summed E-state index contributed by atoms with van der Waals surface area (Å²) < 4.78 is 29.6. The van der Waals surface area contributed by atoms with Crippen LogP contribution in [0.25, 0.3) is 0 Å². The van der Waals surface area contributed by atoms with Crippen molar-refractivity contribution in [3.05, 3.63) is 16.9 Å². The molecule has 1 N–H and O–H groups in total. The fraction of sp³-hybridized carbons (Fsp3) is 0.667. The summed E-state index contributed by atoms with van der Waals surface area (Å²) in [5.74, 6) is -0.129. The molecule has 0 bridgehead atoms. The molecule has 1 aromatic heterocycles. The molecule has 0 spiro atoms. The van der Waals surface area contributed by atoms with Crippen LogP contribution in [0.15, 0.2) is 6.20 Å². The Kier molecular flexibility index (Phi) is 5.37. The molecule has 2 heterocycles. The van der Waals surface area contributed by atoms with E-state index < -0.39 is 9.84 Å². The Morgan fingerprint density at radius 1 is 1.62 bits per heavy atom. The summed E-state index contributed by atoms with van der Waals surface area (Å²) in [5, 5.41) is 7.37. The van der Waals surface area contributed by atoms with E-state index in [1.54, 1.807) is 7.11 Å². The van der Waals surface area contributed by atoms with Gasteiger partial charge in [0.25, 0.3) is 0 Å². The maximum absolute atomic E-state index is 12.4. The molecule has 0 saturated carbocycles. The van der Waals surface area contributed by atoms with Crippen LogP contribution in [-0.2, 0) is 21.1 Å². The van der Waals surface area contributed by atoms with Crippen molar-refractivity contribution in [1.82, 2.24) is 15.1 Å². The van der Waals surface area contributed by atoms with Gasteiger partial charge in [0.2, 0.25) is 0 Å². The summed E-state index contributed by atoms with van der Waals surface area (Å²) in [4.78, 5) is 12.4. The van der Waals surface area contributed by atoms with E-state index in [0.29, 0.717) is 25.4 Å². The highest BCUT2D eigenvalue weighted by atomic mass is 35.5. The number of methoxy groups -OCH3 is 1. The highest BCUT2D eigenvalue weighted by molar-refractivity contribution is 7.91. The smallest absolute Gasteiger partial charge is 0.183 e.